The molecular formula is C28H38O2S. The summed E-state index contributed by atoms with van der Waals surface area (Å²) < 4.78 is 5.13. The maximum atomic E-state index is 12.0. The Morgan fingerprint density at radius 3 is 2.32 bits per heavy atom. The Morgan fingerprint density at radius 1 is 1.00 bits per heavy atom. The van der Waals surface area contributed by atoms with Crippen LogP contribution in [0.25, 0.3) is 12.2 Å². The SMILES string of the molecule is CCCCCc1cc2c(cc1C=Cc1ccc(C(=O)OCC)s1)C(C)(C)CCC2(C)C. The molecule has 168 valence electrons. The number of aryl methyl sites for hydroxylation is 1. The Balaban J connectivity index is 1.98. The van der Waals surface area contributed by atoms with Crippen LogP contribution in [-0.4, -0.2) is 12.6 Å². The first kappa shape index (κ1) is 23.8. The Labute approximate surface area is 192 Å². The largest absolute Gasteiger partial charge is 0.462 e. The minimum atomic E-state index is -0.231. The number of rotatable bonds is 8. The molecule has 0 fully saturated rings. The average molecular weight is 439 g/mol. The molecule has 1 aromatic carbocycles. The molecule has 1 aliphatic carbocycles. The zero-order chi connectivity index (χ0) is 22.6. The third-order valence-corrected chi connectivity index (χ3v) is 7.72. The molecule has 0 saturated carbocycles. The number of hydrogen-bond donors (Lipinski definition) is 0. The van der Waals surface area contributed by atoms with E-state index < -0.39 is 0 Å². The number of fused-ring (bicyclic) bond motifs is 1. The van der Waals surface area contributed by atoms with Gasteiger partial charge in [0.2, 0.25) is 0 Å². The summed E-state index contributed by atoms with van der Waals surface area (Å²) in [7, 11) is 0. The number of benzene rings is 1. The van der Waals surface area contributed by atoms with Crippen molar-refractivity contribution in [3.63, 3.8) is 0 Å². The lowest BCUT2D eigenvalue weighted by Gasteiger charge is -2.42. The number of thiophene rings is 1. The maximum Gasteiger partial charge on any atom is 0.348 e. The number of ether oxygens (including phenoxy) is 1. The minimum Gasteiger partial charge on any atom is -0.462 e. The fraction of sp³-hybridized carbons (Fsp3) is 0.536. The lowest BCUT2D eigenvalue weighted by Crippen LogP contribution is -2.34. The molecule has 3 heteroatoms. The smallest absolute Gasteiger partial charge is 0.348 e. The van der Waals surface area contributed by atoms with Crippen molar-refractivity contribution in [2.24, 2.45) is 0 Å². The lowest BCUT2D eigenvalue weighted by molar-refractivity contribution is 0.0532. The first-order valence-electron chi connectivity index (χ1n) is 11.8. The monoisotopic (exact) mass is 438 g/mol. The van der Waals surface area contributed by atoms with Crippen LogP contribution in [0.2, 0.25) is 0 Å². The first-order chi connectivity index (χ1) is 14.7. The fourth-order valence-corrected chi connectivity index (χ4v) is 5.34. The van der Waals surface area contributed by atoms with E-state index >= 15 is 0 Å². The van der Waals surface area contributed by atoms with Crippen LogP contribution in [-0.2, 0) is 22.0 Å². The standard InChI is InChI=1S/C28H38O2S/c1-7-9-10-11-20-18-23-24(28(5,6)17-16-27(23,3)4)19-21(20)12-13-22-14-15-25(31-22)26(29)30-8-2/h12-15,18-19H,7-11,16-17H2,1-6H3. The van der Waals surface area contributed by atoms with Crippen molar-refractivity contribution in [2.45, 2.75) is 90.9 Å². The van der Waals surface area contributed by atoms with Gasteiger partial charge in [0.15, 0.2) is 0 Å². The van der Waals surface area contributed by atoms with Gasteiger partial charge in [-0.1, -0.05) is 65.7 Å². The summed E-state index contributed by atoms with van der Waals surface area (Å²) in [6.07, 6.45) is 11.7. The van der Waals surface area contributed by atoms with E-state index in [0.29, 0.717) is 11.5 Å². The van der Waals surface area contributed by atoms with E-state index in [-0.39, 0.29) is 16.8 Å². The second kappa shape index (κ2) is 9.73. The van der Waals surface area contributed by atoms with Crippen molar-refractivity contribution in [2.75, 3.05) is 6.61 Å². The summed E-state index contributed by atoms with van der Waals surface area (Å²) in [5.41, 5.74) is 6.25. The van der Waals surface area contributed by atoms with E-state index in [1.54, 1.807) is 0 Å². The lowest BCUT2D eigenvalue weighted by atomic mass is 9.62. The minimum absolute atomic E-state index is 0.204. The molecule has 0 atom stereocenters. The van der Waals surface area contributed by atoms with Crippen molar-refractivity contribution in [3.8, 4) is 0 Å². The molecule has 0 spiro atoms. The molecule has 0 N–H and O–H groups in total. The quantitative estimate of drug-likeness (QED) is 0.307. The summed E-state index contributed by atoms with van der Waals surface area (Å²) in [4.78, 5) is 13.7. The van der Waals surface area contributed by atoms with Crippen molar-refractivity contribution < 1.29 is 9.53 Å². The summed E-state index contributed by atoms with van der Waals surface area (Å²) in [5.74, 6) is -0.231. The molecule has 0 amide bonds. The molecule has 3 rings (SSSR count). The highest BCUT2D eigenvalue weighted by Crippen LogP contribution is 2.47. The Bertz CT molecular complexity index is 946. The van der Waals surface area contributed by atoms with Crippen LogP contribution in [0.15, 0.2) is 24.3 Å². The van der Waals surface area contributed by atoms with Crippen LogP contribution in [0.5, 0.6) is 0 Å². The second-order valence-electron chi connectivity index (χ2n) is 10.1. The highest BCUT2D eigenvalue weighted by Gasteiger charge is 2.37. The molecule has 31 heavy (non-hydrogen) atoms. The summed E-state index contributed by atoms with van der Waals surface area (Å²) in [6.45, 7) is 14.1. The van der Waals surface area contributed by atoms with E-state index in [2.05, 4.69) is 58.9 Å². The topological polar surface area (TPSA) is 26.3 Å². The van der Waals surface area contributed by atoms with Gasteiger partial charge in [-0.15, -0.1) is 11.3 Å². The normalized spacial score (nSPS) is 17.0. The molecule has 0 radical (unpaired) electrons. The van der Waals surface area contributed by atoms with Gasteiger partial charge in [0.25, 0.3) is 0 Å². The van der Waals surface area contributed by atoms with Crippen LogP contribution in [0.4, 0.5) is 0 Å². The van der Waals surface area contributed by atoms with Crippen LogP contribution in [0.3, 0.4) is 0 Å². The van der Waals surface area contributed by atoms with Gasteiger partial charge in [-0.25, -0.2) is 4.79 Å². The molecule has 2 aromatic rings. The van der Waals surface area contributed by atoms with Crippen molar-refractivity contribution in [3.05, 3.63) is 56.3 Å². The molecule has 0 aliphatic heterocycles. The first-order valence-corrected chi connectivity index (χ1v) is 12.6. The van der Waals surface area contributed by atoms with E-state index in [9.17, 15) is 4.79 Å². The zero-order valence-corrected chi connectivity index (χ0v) is 21.0. The zero-order valence-electron chi connectivity index (χ0n) is 20.1. The van der Waals surface area contributed by atoms with Crippen LogP contribution in [0.1, 0.15) is 110 Å². The highest BCUT2D eigenvalue weighted by atomic mass is 32.1. The van der Waals surface area contributed by atoms with Crippen LogP contribution in [0, 0.1) is 0 Å². The number of hydrogen-bond acceptors (Lipinski definition) is 3. The molecular weight excluding hydrogens is 400 g/mol. The van der Waals surface area contributed by atoms with Gasteiger partial charge < -0.3 is 4.74 Å². The molecule has 1 aliphatic rings. The maximum absolute atomic E-state index is 12.0. The van der Waals surface area contributed by atoms with Gasteiger partial charge >= 0.3 is 5.97 Å². The van der Waals surface area contributed by atoms with Crippen molar-refractivity contribution in [1.82, 2.24) is 0 Å². The summed E-state index contributed by atoms with van der Waals surface area (Å²) in [5, 5.41) is 0. The third kappa shape index (κ3) is 5.49. The Morgan fingerprint density at radius 2 is 1.68 bits per heavy atom. The summed E-state index contributed by atoms with van der Waals surface area (Å²) >= 11 is 1.49. The van der Waals surface area contributed by atoms with E-state index in [1.807, 2.05) is 19.1 Å². The Kier molecular flexibility index (Phi) is 7.47. The molecule has 0 bridgehead atoms. The number of esters is 1. The average Bonchev–Trinajstić information content (AvgIpc) is 3.20. The third-order valence-electron chi connectivity index (χ3n) is 6.69. The van der Waals surface area contributed by atoms with Crippen molar-refractivity contribution >= 4 is 29.5 Å². The fourth-order valence-electron chi connectivity index (χ4n) is 4.54. The van der Waals surface area contributed by atoms with E-state index in [0.717, 1.165) is 11.3 Å². The number of carbonyl (C=O) groups excluding carboxylic acids is 1. The van der Waals surface area contributed by atoms with Gasteiger partial charge in [0.05, 0.1) is 6.61 Å². The van der Waals surface area contributed by atoms with Gasteiger partial charge in [-0.2, -0.15) is 0 Å². The molecule has 2 nitrogen and oxygen atoms in total. The number of carbonyl (C=O) groups is 1. The highest BCUT2D eigenvalue weighted by molar-refractivity contribution is 7.14. The summed E-state index contributed by atoms with van der Waals surface area (Å²) in [6, 6.07) is 8.83. The second-order valence-corrected chi connectivity index (χ2v) is 11.2. The number of unbranched alkanes of at least 4 members (excludes halogenated alkanes) is 2. The molecule has 0 unspecified atom stereocenters. The Hall–Kier alpha value is -1.87. The van der Waals surface area contributed by atoms with Gasteiger partial charge in [-0.05, 0) is 83.9 Å². The predicted molar refractivity (Wildman–Crippen MR) is 134 cm³/mol. The van der Waals surface area contributed by atoms with Gasteiger partial charge in [0, 0.05) is 4.88 Å². The molecule has 1 heterocycles. The van der Waals surface area contributed by atoms with Crippen LogP contribution < -0.4 is 0 Å². The van der Waals surface area contributed by atoms with Gasteiger partial charge in [0.1, 0.15) is 4.88 Å². The van der Waals surface area contributed by atoms with Gasteiger partial charge in [-0.3, -0.25) is 0 Å². The molecule has 1 aromatic heterocycles. The van der Waals surface area contributed by atoms with Crippen molar-refractivity contribution in [1.29, 1.82) is 0 Å². The molecule has 0 saturated heterocycles. The van der Waals surface area contributed by atoms with E-state index in [1.165, 1.54) is 65.7 Å². The van der Waals surface area contributed by atoms with Crippen LogP contribution >= 0.6 is 11.3 Å². The predicted octanol–water partition coefficient (Wildman–Crippen LogP) is 8.18. The van der Waals surface area contributed by atoms with E-state index in [4.69, 9.17) is 4.74 Å².